The Kier molecular flexibility index (Phi) is 7.31. The summed E-state index contributed by atoms with van der Waals surface area (Å²) in [5.74, 6) is 2.03. The molecule has 0 aliphatic carbocycles. The second kappa shape index (κ2) is 9.46. The lowest BCUT2D eigenvalue weighted by Gasteiger charge is -2.17. The number of hydrogen-bond acceptors (Lipinski definition) is 5. The van der Waals surface area contributed by atoms with E-state index in [0.717, 1.165) is 36.2 Å². The van der Waals surface area contributed by atoms with Gasteiger partial charge < -0.3 is 14.2 Å². The molecule has 25 heavy (non-hydrogen) atoms. The van der Waals surface area contributed by atoms with Crippen LogP contribution in [0.3, 0.4) is 0 Å². The van der Waals surface area contributed by atoms with Crippen molar-refractivity contribution in [2.45, 2.75) is 39.0 Å². The zero-order valence-electron chi connectivity index (χ0n) is 15.4. The molecule has 2 rings (SSSR count). The number of ether oxygens (including phenoxy) is 1. The molecular weight excluding hydrogens is 336 g/mol. The first-order chi connectivity index (χ1) is 12.1. The Balaban J connectivity index is 1.90. The molecule has 0 aliphatic heterocycles. The molecule has 0 atom stereocenters. The molecule has 0 bridgehead atoms. The number of benzene rings is 1. The van der Waals surface area contributed by atoms with Crippen LogP contribution in [0.15, 0.2) is 29.4 Å². The van der Waals surface area contributed by atoms with Gasteiger partial charge in [-0.25, -0.2) is 0 Å². The lowest BCUT2D eigenvalue weighted by molar-refractivity contribution is -0.127. The third-order valence-corrected chi connectivity index (χ3v) is 5.07. The number of rotatable bonds is 9. The summed E-state index contributed by atoms with van der Waals surface area (Å²) in [6.45, 7) is 7.89. The summed E-state index contributed by atoms with van der Waals surface area (Å²) in [6, 6.07) is 8.06. The molecule has 0 aliphatic rings. The molecule has 1 aromatic heterocycles. The monoisotopic (exact) mass is 362 g/mol. The molecule has 136 valence electrons. The van der Waals surface area contributed by atoms with Crippen molar-refractivity contribution in [3.05, 3.63) is 35.7 Å². The summed E-state index contributed by atoms with van der Waals surface area (Å²) in [7, 11) is 1.89. The topological polar surface area (TPSA) is 60.3 Å². The van der Waals surface area contributed by atoms with Crippen LogP contribution in [0.1, 0.15) is 32.2 Å². The van der Waals surface area contributed by atoms with Gasteiger partial charge in [0.05, 0.1) is 5.75 Å². The van der Waals surface area contributed by atoms with Gasteiger partial charge in [0, 0.05) is 20.1 Å². The first-order valence-electron chi connectivity index (χ1n) is 8.59. The van der Waals surface area contributed by atoms with E-state index in [1.807, 2.05) is 42.5 Å². The minimum atomic E-state index is 0.117. The standard InChI is InChI=1S/C18H26N4O2S/c1-5-14-8-10-15(11-9-14)24-12-16-19-20-18(21(16)4)25-13-17(23)22(6-2)7-3/h8-11H,5-7,12-13H2,1-4H3. The van der Waals surface area contributed by atoms with Gasteiger partial charge in [0.25, 0.3) is 0 Å². The van der Waals surface area contributed by atoms with Crippen LogP contribution >= 0.6 is 11.8 Å². The molecule has 1 amide bonds. The minimum Gasteiger partial charge on any atom is -0.486 e. The van der Waals surface area contributed by atoms with Gasteiger partial charge >= 0.3 is 0 Å². The molecular formula is C18H26N4O2S. The number of hydrogen-bond donors (Lipinski definition) is 0. The smallest absolute Gasteiger partial charge is 0.233 e. The van der Waals surface area contributed by atoms with Crippen LogP contribution in [-0.4, -0.2) is 44.4 Å². The highest BCUT2D eigenvalue weighted by Crippen LogP contribution is 2.18. The van der Waals surface area contributed by atoms with E-state index < -0.39 is 0 Å². The number of carbonyl (C=O) groups is 1. The van der Waals surface area contributed by atoms with Crippen LogP contribution in [0.25, 0.3) is 0 Å². The second-order valence-electron chi connectivity index (χ2n) is 5.60. The Morgan fingerprint density at radius 2 is 1.84 bits per heavy atom. The van der Waals surface area contributed by atoms with Crippen molar-refractivity contribution in [2.24, 2.45) is 7.05 Å². The Bertz CT molecular complexity index is 681. The summed E-state index contributed by atoms with van der Waals surface area (Å²) < 4.78 is 7.65. The maximum absolute atomic E-state index is 12.1. The third-order valence-electron chi connectivity index (χ3n) is 4.07. The highest BCUT2D eigenvalue weighted by molar-refractivity contribution is 7.99. The highest BCUT2D eigenvalue weighted by atomic mass is 32.2. The van der Waals surface area contributed by atoms with Gasteiger partial charge in [-0.05, 0) is 38.0 Å². The Labute approximate surface area is 153 Å². The predicted molar refractivity (Wildman–Crippen MR) is 99.8 cm³/mol. The fraction of sp³-hybridized carbons (Fsp3) is 0.500. The quantitative estimate of drug-likeness (QED) is 0.642. The maximum atomic E-state index is 12.1. The fourth-order valence-electron chi connectivity index (χ4n) is 2.36. The van der Waals surface area contributed by atoms with Crippen LogP contribution < -0.4 is 4.74 Å². The molecule has 0 saturated carbocycles. The second-order valence-corrected chi connectivity index (χ2v) is 6.54. The molecule has 1 aromatic carbocycles. The van der Waals surface area contributed by atoms with Crippen molar-refractivity contribution in [3.63, 3.8) is 0 Å². The molecule has 7 heteroatoms. The zero-order chi connectivity index (χ0) is 18.2. The predicted octanol–water partition coefficient (Wildman–Crippen LogP) is 2.92. The van der Waals surface area contributed by atoms with E-state index in [2.05, 4.69) is 29.3 Å². The van der Waals surface area contributed by atoms with E-state index in [-0.39, 0.29) is 5.91 Å². The maximum Gasteiger partial charge on any atom is 0.233 e. The van der Waals surface area contributed by atoms with Gasteiger partial charge in [-0.15, -0.1) is 10.2 Å². The van der Waals surface area contributed by atoms with Crippen LogP contribution in [-0.2, 0) is 24.9 Å². The van der Waals surface area contributed by atoms with Crippen molar-refractivity contribution in [1.29, 1.82) is 0 Å². The SMILES string of the molecule is CCc1ccc(OCc2nnc(SCC(=O)N(CC)CC)n2C)cc1. The van der Waals surface area contributed by atoms with Crippen LogP contribution in [0.2, 0.25) is 0 Å². The summed E-state index contributed by atoms with van der Waals surface area (Å²) in [5, 5.41) is 9.06. The molecule has 6 nitrogen and oxygen atoms in total. The van der Waals surface area contributed by atoms with Crippen molar-refractivity contribution in [3.8, 4) is 5.75 Å². The number of aromatic nitrogens is 3. The average molecular weight is 362 g/mol. The fourth-order valence-corrected chi connectivity index (χ4v) is 3.19. The molecule has 0 radical (unpaired) electrons. The number of aryl methyl sites for hydroxylation is 1. The summed E-state index contributed by atoms with van der Waals surface area (Å²) in [4.78, 5) is 13.9. The minimum absolute atomic E-state index is 0.117. The molecule has 0 saturated heterocycles. The molecule has 0 unspecified atom stereocenters. The molecule has 1 heterocycles. The molecule has 0 spiro atoms. The number of thioether (sulfide) groups is 1. The Morgan fingerprint density at radius 3 is 2.44 bits per heavy atom. The zero-order valence-corrected chi connectivity index (χ0v) is 16.2. The van der Waals surface area contributed by atoms with E-state index in [0.29, 0.717) is 12.4 Å². The highest BCUT2D eigenvalue weighted by Gasteiger charge is 2.14. The lowest BCUT2D eigenvalue weighted by Crippen LogP contribution is -2.31. The Hall–Kier alpha value is -2.02. The van der Waals surface area contributed by atoms with Crippen molar-refractivity contribution in [2.75, 3.05) is 18.8 Å². The summed E-state index contributed by atoms with van der Waals surface area (Å²) in [6.07, 6.45) is 1.01. The molecule has 2 aromatic rings. The van der Waals surface area contributed by atoms with E-state index in [1.54, 1.807) is 0 Å². The Morgan fingerprint density at radius 1 is 1.16 bits per heavy atom. The van der Waals surface area contributed by atoms with Crippen LogP contribution in [0.4, 0.5) is 0 Å². The van der Waals surface area contributed by atoms with E-state index in [4.69, 9.17) is 4.74 Å². The van der Waals surface area contributed by atoms with Crippen molar-refractivity contribution < 1.29 is 9.53 Å². The van der Waals surface area contributed by atoms with Gasteiger partial charge in [0.15, 0.2) is 11.0 Å². The van der Waals surface area contributed by atoms with Gasteiger partial charge in [-0.2, -0.15) is 0 Å². The van der Waals surface area contributed by atoms with Crippen LogP contribution in [0.5, 0.6) is 5.75 Å². The number of nitrogens with zero attached hydrogens (tertiary/aromatic N) is 4. The number of amides is 1. The summed E-state index contributed by atoms with van der Waals surface area (Å²) in [5.41, 5.74) is 1.28. The third kappa shape index (κ3) is 5.22. The molecule has 0 fully saturated rings. The van der Waals surface area contributed by atoms with E-state index in [9.17, 15) is 4.79 Å². The van der Waals surface area contributed by atoms with Crippen LogP contribution in [0, 0.1) is 0 Å². The lowest BCUT2D eigenvalue weighted by atomic mass is 10.2. The van der Waals surface area contributed by atoms with Crippen molar-refractivity contribution >= 4 is 17.7 Å². The first kappa shape index (κ1) is 19.3. The van der Waals surface area contributed by atoms with Gasteiger partial charge in [0.2, 0.25) is 5.91 Å². The van der Waals surface area contributed by atoms with Gasteiger partial charge in [0.1, 0.15) is 12.4 Å². The van der Waals surface area contributed by atoms with Crippen molar-refractivity contribution in [1.82, 2.24) is 19.7 Å². The summed E-state index contributed by atoms with van der Waals surface area (Å²) >= 11 is 1.40. The van der Waals surface area contributed by atoms with Gasteiger partial charge in [-0.3, -0.25) is 4.79 Å². The normalized spacial score (nSPS) is 10.7. The largest absolute Gasteiger partial charge is 0.486 e. The number of carbonyl (C=O) groups excluding carboxylic acids is 1. The first-order valence-corrected chi connectivity index (χ1v) is 9.58. The van der Waals surface area contributed by atoms with E-state index in [1.165, 1.54) is 17.3 Å². The average Bonchev–Trinajstić information content (AvgIpc) is 2.99. The van der Waals surface area contributed by atoms with E-state index >= 15 is 0 Å². The molecule has 0 N–H and O–H groups in total. The van der Waals surface area contributed by atoms with Gasteiger partial charge in [-0.1, -0.05) is 30.8 Å².